The van der Waals surface area contributed by atoms with E-state index in [1.54, 1.807) is 4.57 Å². The monoisotopic (exact) mass is 772 g/mol. The Morgan fingerprint density at radius 2 is 0.800 bits per heavy atom. The Labute approximate surface area is 361 Å². The third-order valence-corrected chi connectivity index (χ3v) is 11.3. The number of anilines is 3. The largest absolute Gasteiger partial charge is 0.311 e. The minimum absolute atomic E-state index is 0.0450. The average Bonchev–Trinajstić information content (AvgIpc) is 3.76. The zero-order chi connectivity index (χ0) is 46.8. The molecule has 2 nitrogen and oxygen atoms in total. The molecule has 1 aromatic heterocycles. The number of hydrogen-bond donors (Lipinski definition) is 0. The quantitative estimate of drug-likeness (QED) is 0.149. The smallest absolute Gasteiger partial charge is 0.0645 e. The molecule has 0 aliphatic rings. The molecular weight excluding hydrogens is 725 g/mol. The summed E-state index contributed by atoms with van der Waals surface area (Å²) in [7, 11) is 0. The van der Waals surface area contributed by atoms with Crippen molar-refractivity contribution in [2.45, 2.75) is 0 Å². The highest BCUT2D eigenvalue weighted by molar-refractivity contribution is 6.09. The number of fused-ring (bicyclic) bond motifs is 4. The molecule has 1 heterocycles. The van der Waals surface area contributed by atoms with Crippen molar-refractivity contribution in [1.29, 1.82) is 0 Å². The van der Waals surface area contributed by atoms with E-state index in [9.17, 15) is 0 Å². The summed E-state index contributed by atoms with van der Waals surface area (Å²) < 4.78 is 71.7. The van der Waals surface area contributed by atoms with Gasteiger partial charge in [0.1, 0.15) is 0 Å². The molecule has 282 valence electrons. The molecule has 0 aliphatic carbocycles. The lowest BCUT2D eigenvalue weighted by atomic mass is 9.97. The number of nitrogens with zero attached hydrogens (tertiary/aromatic N) is 2. The molecule has 0 bridgehead atoms. The Kier molecular flexibility index (Phi) is 6.96. The first kappa shape index (κ1) is 27.7. The van der Waals surface area contributed by atoms with Crippen LogP contribution in [0.5, 0.6) is 0 Å². The molecule has 0 saturated carbocycles. The summed E-state index contributed by atoms with van der Waals surface area (Å²) >= 11 is 0. The van der Waals surface area contributed by atoms with Crippen LogP contribution in [0.3, 0.4) is 0 Å². The molecule has 0 amide bonds. The Bertz CT molecular complexity index is 3670. The Balaban J connectivity index is 0.999. The molecule has 0 radical (unpaired) electrons. The predicted octanol–water partition coefficient (Wildman–Crippen LogP) is 16.1. The SMILES string of the molecule is [2H]c1c([2H])c([2H])c2c(c1[2H])c1c([2H])c([2H])c([2H])c([2H])c1n2-c1ccccc1-c1cccc(-c2ccc(N(c3ccc(-c4ccccc4)cc3)c3ccc(-c4cccc5ccccc45)cc3)cc2)c1. The van der Waals surface area contributed by atoms with Gasteiger partial charge >= 0.3 is 0 Å². The standard InChI is InChI=1S/C58H40N2/c1-2-14-41(15-3-1)42-28-34-48(35-29-42)59(50-38-32-45(33-39-50)52-24-13-17-44-16-4-5-20-51(44)52)49-36-30-43(31-37-49)46-18-12-19-47(40-46)53-21-6-9-25-56(53)60-57-26-10-7-22-54(57)55-23-8-11-27-58(55)60/h1-40H/i7D,8D,10D,11D,22D,23D,26D,27D. The third-order valence-electron chi connectivity index (χ3n) is 11.3. The van der Waals surface area contributed by atoms with Crippen molar-refractivity contribution in [3.05, 3.63) is 242 Å². The van der Waals surface area contributed by atoms with Gasteiger partial charge in [0.2, 0.25) is 0 Å². The van der Waals surface area contributed by atoms with E-state index in [1.165, 1.54) is 16.3 Å². The zero-order valence-electron chi connectivity index (χ0n) is 40.4. The summed E-state index contributed by atoms with van der Waals surface area (Å²) in [6.45, 7) is 0. The van der Waals surface area contributed by atoms with Gasteiger partial charge in [-0.3, -0.25) is 0 Å². The maximum absolute atomic E-state index is 9.06. The van der Waals surface area contributed by atoms with Crippen molar-refractivity contribution in [1.82, 2.24) is 4.57 Å². The second kappa shape index (κ2) is 15.1. The van der Waals surface area contributed by atoms with Crippen LogP contribution in [0.2, 0.25) is 0 Å². The second-order valence-corrected chi connectivity index (χ2v) is 14.7. The Hall–Kier alpha value is -7.94. The summed E-state index contributed by atoms with van der Waals surface area (Å²) in [5.41, 5.74) is 11.7. The molecular formula is C58H40N2. The van der Waals surface area contributed by atoms with E-state index in [4.69, 9.17) is 11.0 Å². The highest BCUT2D eigenvalue weighted by atomic mass is 15.1. The first-order valence-corrected chi connectivity index (χ1v) is 19.9. The van der Waals surface area contributed by atoms with Gasteiger partial charge in [-0.2, -0.15) is 0 Å². The molecule has 0 N–H and O–H groups in total. The average molecular weight is 773 g/mol. The van der Waals surface area contributed by atoms with Crippen molar-refractivity contribution in [2.24, 2.45) is 0 Å². The fourth-order valence-corrected chi connectivity index (χ4v) is 8.39. The number of aromatic nitrogens is 1. The molecule has 0 atom stereocenters. The maximum atomic E-state index is 9.06. The van der Waals surface area contributed by atoms with Crippen molar-refractivity contribution in [3.63, 3.8) is 0 Å². The van der Waals surface area contributed by atoms with Gasteiger partial charge in [-0.15, -0.1) is 0 Å². The van der Waals surface area contributed by atoms with E-state index in [1.807, 2.05) is 60.7 Å². The van der Waals surface area contributed by atoms with Gasteiger partial charge in [-0.1, -0.05) is 182 Å². The molecule has 0 aliphatic heterocycles. The molecule has 0 spiro atoms. The minimum Gasteiger partial charge on any atom is -0.311 e. The molecule has 10 aromatic carbocycles. The van der Waals surface area contributed by atoms with Gasteiger partial charge in [-0.25, -0.2) is 0 Å². The highest BCUT2D eigenvalue weighted by Crippen LogP contribution is 2.40. The van der Waals surface area contributed by atoms with Gasteiger partial charge in [0.25, 0.3) is 0 Å². The topological polar surface area (TPSA) is 8.17 Å². The second-order valence-electron chi connectivity index (χ2n) is 14.7. The van der Waals surface area contributed by atoms with Crippen LogP contribution in [0, 0.1) is 0 Å². The van der Waals surface area contributed by atoms with Crippen LogP contribution in [0.1, 0.15) is 11.0 Å². The van der Waals surface area contributed by atoms with Crippen molar-refractivity contribution in [3.8, 4) is 50.2 Å². The van der Waals surface area contributed by atoms with E-state index in [0.29, 0.717) is 11.3 Å². The van der Waals surface area contributed by atoms with E-state index >= 15 is 0 Å². The predicted molar refractivity (Wildman–Crippen MR) is 255 cm³/mol. The summed E-state index contributed by atoms with van der Waals surface area (Å²) in [5, 5.41) is 2.49. The normalized spacial score (nSPS) is 13.2. The van der Waals surface area contributed by atoms with Crippen molar-refractivity contribution in [2.75, 3.05) is 4.90 Å². The van der Waals surface area contributed by atoms with Crippen LogP contribution >= 0.6 is 0 Å². The Morgan fingerprint density at radius 1 is 0.333 bits per heavy atom. The van der Waals surface area contributed by atoms with Gasteiger partial charge in [0.15, 0.2) is 0 Å². The fourth-order valence-electron chi connectivity index (χ4n) is 8.39. The van der Waals surface area contributed by atoms with Crippen LogP contribution in [0.4, 0.5) is 17.1 Å². The first-order valence-electron chi connectivity index (χ1n) is 23.9. The molecule has 0 saturated heterocycles. The van der Waals surface area contributed by atoms with E-state index in [-0.39, 0.29) is 46.0 Å². The number of para-hydroxylation sites is 3. The fraction of sp³-hybridized carbons (Fsp3) is 0. The minimum atomic E-state index is -0.472. The van der Waals surface area contributed by atoms with Crippen molar-refractivity contribution < 1.29 is 11.0 Å². The molecule has 11 rings (SSSR count). The summed E-state index contributed by atoms with van der Waals surface area (Å²) in [4.78, 5) is 2.26. The lowest BCUT2D eigenvalue weighted by molar-refractivity contribution is 1.18. The zero-order valence-corrected chi connectivity index (χ0v) is 32.4. The molecule has 11 aromatic rings. The number of benzene rings is 10. The number of hydrogen-bond acceptors (Lipinski definition) is 1. The van der Waals surface area contributed by atoms with Gasteiger partial charge in [-0.05, 0) is 110 Å². The highest BCUT2D eigenvalue weighted by Gasteiger charge is 2.17. The molecule has 0 fully saturated rings. The van der Waals surface area contributed by atoms with Crippen LogP contribution in [-0.4, -0.2) is 4.57 Å². The first-order chi connectivity index (χ1) is 33.1. The van der Waals surface area contributed by atoms with E-state index in [0.717, 1.165) is 50.4 Å². The van der Waals surface area contributed by atoms with Crippen LogP contribution in [0.25, 0.3) is 82.8 Å². The third kappa shape index (κ3) is 6.32. The van der Waals surface area contributed by atoms with Gasteiger partial charge < -0.3 is 9.47 Å². The van der Waals surface area contributed by atoms with Crippen LogP contribution < -0.4 is 4.90 Å². The van der Waals surface area contributed by atoms with Gasteiger partial charge in [0.05, 0.1) is 27.7 Å². The summed E-state index contributed by atoms with van der Waals surface area (Å²) in [6.07, 6.45) is 0. The lowest BCUT2D eigenvalue weighted by Crippen LogP contribution is -2.09. The number of rotatable bonds is 8. The van der Waals surface area contributed by atoms with E-state index in [2.05, 4.69) is 138 Å². The molecule has 60 heavy (non-hydrogen) atoms. The van der Waals surface area contributed by atoms with Gasteiger partial charge in [0, 0.05) is 33.4 Å². The summed E-state index contributed by atoms with van der Waals surface area (Å²) in [5.74, 6) is 0. The van der Waals surface area contributed by atoms with E-state index < -0.39 is 24.2 Å². The molecule has 2 heteroatoms. The molecule has 0 unspecified atom stereocenters. The lowest BCUT2D eigenvalue weighted by Gasteiger charge is -2.26. The maximum Gasteiger partial charge on any atom is 0.0645 e. The Morgan fingerprint density at radius 3 is 1.48 bits per heavy atom. The van der Waals surface area contributed by atoms with Crippen LogP contribution in [-0.2, 0) is 0 Å². The van der Waals surface area contributed by atoms with Crippen molar-refractivity contribution >= 4 is 49.6 Å². The van der Waals surface area contributed by atoms with Crippen LogP contribution in [0.15, 0.2) is 242 Å². The summed E-state index contributed by atoms with van der Waals surface area (Å²) in [6, 6.07) is 63.2.